The van der Waals surface area contributed by atoms with E-state index in [2.05, 4.69) is 15.3 Å². The monoisotopic (exact) mass is 389 g/mol. The molecule has 7 heteroatoms. The van der Waals surface area contributed by atoms with Crippen LogP contribution in [0.3, 0.4) is 0 Å². The molecule has 0 bridgehead atoms. The number of nitrogens with zero attached hydrogens (tertiary/aromatic N) is 4. The zero-order chi connectivity index (χ0) is 20.1. The molecule has 4 aromatic rings. The maximum absolute atomic E-state index is 12.9. The Balaban J connectivity index is 1.55. The first-order valence-electron chi connectivity index (χ1n) is 9.55. The van der Waals surface area contributed by atoms with Crippen LogP contribution < -0.4 is 5.32 Å². The second-order valence-corrected chi connectivity index (χ2v) is 6.72. The zero-order valence-electron chi connectivity index (χ0n) is 16.3. The highest BCUT2D eigenvalue weighted by Gasteiger charge is 2.17. The van der Waals surface area contributed by atoms with E-state index in [4.69, 9.17) is 4.74 Å². The second-order valence-electron chi connectivity index (χ2n) is 6.72. The van der Waals surface area contributed by atoms with E-state index < -0.39 is 0 Å². The van der Waals surface area contributed by atoms with E-state index in [9.17, 15) is 4.79 Å². The van der Waals surface area contributed by atoms with Crippen molar-refractivity contribution in [2.45, 2.75) is 13.0 Å². The van der Waals surface area contributed by atoms with Crippen molar-refractivity contribution >= 4 is 11.4 Å². The van der Waals surface area contributed by atoms with Crippen LogP contribution >= 0.6 is 0 Å². The number of imidazole rings is 1. The molecular weight excluding hydrogens is 366 g/mol. The summed E-state index contributed by atoms with van der Waals surface area (Å²) < 4.78 is 9.10. The van der Waals surface area contributed by atoms with Gasteiger partial charge in [-0.3, -0.25) is 9.78 Å². The number of pyridine rings is 2. The molecule has 0 aliphatic carbocycles. The van der Waals surface area contributed by atoms with Crippen molar-refractivity contribution in [1.82, 2.24) is 24.3 Å². The molecule has 148 valence electrons. The number of ether oxygens (including phenoxy) is 1. The minimum atomic E-state index is -0.102. The van der Waals surface area contributed by atoms with E-state index in [1.165, 1.54) is 0 Å². The van der Waals surface area contributed by atoms with Crippen LogP contribution in [0, 0.1) is 0 Å². The van der Waals surface area contributed by atoms with Crippen LogP contribution in [0.25, 0.3) is 16.9 Å². The first-order valence-corrected chi connectivity index (χ1v) is 9.55. The molecule has 4 heterocycles. The van der Waals surface area contributed by atoms with Gasteiger partial charge in [0.25, 0.3) is 5.91 Å². The fraction of sp³-hybridized carbons (Fsp3) is 0.227. The molecule has 7 nitrogen and oxygen atoms in total. The fourth-order valence-electron chi connectivity index (χ4n) is 3.29. The molecule has 1 amide bonds. The Hall–Kier alpha value is -3.45. The molecule has 4 aromatic heterocycles. The normalized spacial score (nSPS) is 11.1. The van der Waals surface area contributed by atoms with Crippen molar-refractivity contribution < 1.29 is 9.53 Å². The number of hydrogen-bond acceptors (Lipinski definition) is 4. The summed E-state index contributed by atoms with van der Waals surface area (Å²) >= 11 is 0. The van der Waals surface area contributed by atoms with Gasteiger partial charge in [0.2, 0.25) is 0 Å². The van der Waals surface area contributed by atoms with Crippen LogP contribution in [0.2, 0.25) is 0 Å². The lowest BCUT2D eigenvalue weighted by atomic mass is 10.2. The van der Waals surface area contributed by atoms with Crippen molar-refractivity contribution in [1.29, 1.82) is 0 Å². The van der Waals surface area contributed by atoms with Gasteiger partial charge in [-0.25, -0.2) is 4.98 Å². The summed E-state index contributed by atoms with van der Waals surface area (Å²) in [5.74, 6) is -0.102. The molecule has 0 aromatic carbocycles. The standard InChI is InChI=1S/C22H23N5O2/c1-29-13-12-26-15-19(25-16-26)21-14-18(20-7-3-5-11-27(20)21)22(28)24-10-8-17-6-2-4-9-23-17/h2-7,9,11,14-16H,8,10,12-13H2,1H3,(H,24,28). The Bertz CT molecular complexity index is 1100. The molecule has 0 saturated carbocycles. The molecule has 0 unspecified atom stereocenters. The number of methoxy groups -OCH3 is 1. The summed E-state index contributed by atoms with van der Waals surface area (Å²) in [4.78, 5) is 21.7. The average Bonchev–Trinajstić information content (AvgIpc) is 3.37. The minimum absolute atomic E-state index is 0.102. The van der Waals surface area contributed by atoms with Crippen LogP contribution in [0.1, 0.15) is 16.1 Å². The second kappa shape index (κ2) is 8.70. The lowest BCUT2D eigenvalue weighted by Crippen LogP contribution is -2.25. The van der Waals surface area contributed by atoms with Crippen molar-refractivity contribution in [2.75, 3.05) is 20.3 Å². The third-order valence-electron chi connectivity index (χ3n) is 4.76. The number of carbonyl (C=O) groups is 1. The van der Waals surface area contributed by atoms with Gasteiger partial charge in [-0.2, -0.15) is 0 Å². The summed E-state index contributed by atoms with van der Waals surface area (Å²) in [6, 6.07) is 13.5. The molecule has 29 heavy (non-hydrogen) atoms. The predicted octanol–water partition coefficient (Wildman–Crippen LogP) is 2.82. The number of fused-ring (bicyclic) bond motifs is 1. The quantitative estimate of drug-likeness (QED) is 0.503. The van der Waals surface area contributed by atoms with Crippen LogP contribution in [0.4, 0.5) is 0 Å². The van der Waals surface area contributed by atoms with E-state index in [0.29, 0.717) is 25.1 Å². The minimum Gasteiger partial charge on any atom is -0.383 e. The summed E-state index contributed by atoms with van der Waals surface area (Å²) in [6.07, 6.45) is 8.15. The largest absolute Gasteiger partial charge is 0.383 e. The maximum atomic E-state index is 12.9. The Labute approximate surface area is 169 Å². The molecule has 0 saturated heterocycles. The first kappa shape index (κ1) is 18.9. The Morgan fingerprint density at radius 1 is 1.17 bits per heavy atom. The van der Waals surface area contributed by atoms with E-state index >= 15 is 0 Å². The third-order valence-corrected chi connectivity index (χ3v) is 4.76. The van der Waals surface area contributed by atoms with Gasteiger partial charge in [-0.1, -0.05) is 12.1 Å². The fourth-order valence-corrected chi connectivity index (χ4v) is 3.29. The zero-order valence-corrected chi connectivity index (χ0v) is 16.3. The smallest absolute Gasteiger partial charge is 0.253 e. The number of carbonyl (C=O) groups excluding carboxylic acids is 1. The predicted molar refractivity (Wildman–Crippen MR) is 111 cm³/mol. The van der Waals surface area contributed by atoms with Gasteiger partial charge in [0, 0.05) is 50.9 Å². The Kier molecular flexibility index (Phi) is 5.67. The molecule has 1 N–H and O–H groups in total. The van der Waals surface area contributed by atoms with Gasteiger partial charge in [0.05, 0.1) is 29.7 Å². The van der Waals surface area contributed by atoms with E-state index in [1.807, 2.05) is 63.8 Å². The number of amides is 1. The lowest BCUT2D eigenvalue weighted by molar-refractivity contribution is 0.0956. The Morgan fingerprint density at radius 3 is 2.90 bits per heavy atom. The van der Waals surface area contributed by atoms with Gasteiger partial charge in [0.1, 0.15) is 5.69 Å². The molecule has 0 aliphatic rings. The number of nitrogens with one attached hydrogen (secondary N) is 1. The maximum Gasteiger partial charge on any atom is 0.253 e. The summed E-state index contributed by atoms with van der Waals surface area (Å²) in [6.45, 7) is 1.88. The summed E-state index contributed by atoms with van der Waals surface area (Å²) in [5.41, 5.74) is 4.13. The van der Waals surface area contributed by atoms with E-state index in [1.54, 1.807) is 19.6 Å². The molecule has 0 aliphatic heterocycles. The van der Waals surface area contributed by atoms with Gasteiger partial charge in [-0.05, 0) is 30.3 Å². The number of hydrogen-bond donors (Lipinski definition) is 1. The number of aromatic nitrogens is 4. The highest BCUT2D eigenvalue weighted by Crippen LogP contribution is 2.25. The Morgan fingerprint density at radius 2 is 2.07 bits per heavy atom. The molecular formula is C22H23N5O2. The third kappa shape index (κ3) is 4.20. The van der Waals surface area contributed by atoms with E-state index in [0.717, 1.165) is 29.1 Å². The number of rotatable bonds is 8. The average molecular weight is 389 g/mol. The van der Waals surface area contributed by atoms with Crippen LogP contribution in [0.15, 0.2) is 67.4 Å². The van der Waals surface area contributed by atoms with E-state index in [-0.39, 0.29) is 5.91 Å². The van der Waals surface area contributed by atoms with Crippen molar-refractivity contribution in [2.24, 2.45) is 0 Å². The highest BCUT2D eigenvalue weighted by molar-refractivity contribution is 6.02. The molecule has 0 fully saturated rings. The van der Waals surface area contributed by atoms with Crippen LogP contribution in [-0.2, 0) is 17.7 Å². The molecule has 0 radical (unpaired) electrons. The van der Waals surface area contributed by atoms with Gasteiger partial charge in [-0.15, -0.1) is 0 Å². The SMILES string of the molecule is COCCn1cnc(-c2cc(C(=O)NCCc3ccccn3)c3ccccn23)c1. The topological polar surface area (TPSA) is 73.5 Å². The molecule has 0 atom stereocenters. The molecule has 4 rings (SSSR count). The van der Waals surface area contributed by atoms with Crippen LogP contribution in [0.5, 0.6) is 0 Å². The molecule has 0 spiro atoms. The van der Waals surface area contributed by atoms with Gasteiger partial charge >= 0.3 is 0 Å². The summed E-state index contributed by atoms with van der Waals surface area (Å²) in [5, 5.41) is 3.00. The highest BCUT2D eigenvalue weighted by atomic mass is 16.5. The van der Waals surface area contributed by atoms with Gasteiger partial charge in [0.15, 0.2) is 0 Å². The van der Waals surface area contributed by atoms with Gasteiger partial charge < -0.3 is 19.0 Å². The van der Waals surface area contributed by atoms with Crippen molar-refractivity contribution in [3.05, 3.63) is 78.6 Å². The van der Waals surface area contributed by atoms with Crippen LogP contribution in [-0.4, -0.2) is 45.1 Å². The summed E-state index contributed by atoms with van der Waals surface area (Å²) in [7, 11) is 1.68. The lowest BCUT2D eigenvalue weighted by Gasteiger charge is -2.04. The van der Waals surface area contributed by atoms with Crippen molar-refractivity contribution in [3.63, 3.8) is 0 Å². The van der Waals surface area contributed by atoms with Crippen molar-refractivity contribution in [3.8, 4) is 11.4 Å². The first-order chi connectivity index (χ1) is 14.3.